The summed E-state index contributed by atoms with van der Waals surface area (Å²) in [6.45, 7) is 6.04. The van der Waals surface area contributed by atoms with E-state index in [0.29, 0.717) is 32.8 Å². The Balaban J connectivity index is 0.00000101. The number of hydrogen-bond donors (Lipinski definition) is 2. The number of carboxylic acid groups (broad SMARTS) is 1. The minimum atomic E-state index is -3.23. The molecule has 1 aromatic carbocycles. The summed E-state index contributed by atoms with van der Waals surface area (Å²) in [5.74, 6) is 0. The number of ether oxygens (including phenoxy) is 1. The van der Waals surface area contributed by atoms with E-state index in [4.69, 9.17) is 14.6 Å². The summed E-state index contributed by atoms with van der Waals surface area (Å²) in [7, 11) is -3.23. The second kappa shape index (κ2) is 11.1. The van der Waals surface area contributed by atoms with Crippen LogP contribution in [0, 0.1) is 6.92 Å². The third-order valence-corrected chi connectivity index (χ3v) is 6.34. The van der Waals surface area contributed by atoms with Crippen molar-refractivity contribution in [1.29, 1.82) is 0 Å². The Kier molecular flexibility index (Phi) is 8.88. The number of nitrogens with zero attached hydrogens (tertiary/aromatic N) is 3. The SMILES string of the molecule is Cc1ccccc1N1CCN(C(=O)NCC2CN(S(C)(=O)=O)CCO2)CC1.O=CO. The molecule has 11 heteroatoms. The molecule has 2 aliphatic rings. The highest BCUT2D eigenvalue weighted by Crippen LogP contribution is 2.20. The van der Waals surface area contributed by atoms with Gasteiger partial charge in [-0.25, -0.2) is 13.2 Å². The molecule has 3 rings (SSSR count). The number of nitrogens with one attached hydrogen (secondary N) is 1. The average molecular weight is 443 g/mol. The smallest absolute Gasteiger partial charge is 0.317 e. The number of piperazine rings is 1. The van der Waals surface area contributed by atoms with Crippen molar-refractivity contribution in [3.8, 4) is 0 Å². The van der Waals surface area contributed by atoms with Gasteiger partial charge in [-0.15, -0.1) is 0 Å². The summed E-state index contributed by atoms with van der Waals surface area (Å²) < 4.78 is 30.3. The topological polar surface area (TPSA) is 119 Å². The Bertz CT molecular complexity index is 811. The largest absolute Gasteiger partial charge is 0.483 e. The lowest BCUT2D eigenvalue weighted by atomic mass is 10.1. The van der Waals surface area contributed by atoms with Crippen LogP contribution in [-0.2, 0) is 19.6 Å². The normalized spacial score (nSPS) is 20.1. The van der Waals surface area contributed by atoms with Gasteiger partial charge in [-0.05, 0) is 18.6 Å². The maximum absolute atomic E-state index is 12.4. The van der Waals surface area contributed by atoms with E-state index in [1.807, 2.05) is 12.1 Å². The van der Waals surface area contributed by atoms with E-state index < -0.39 is 10.0 Å². The van der Waals surface area contributed by atoms with Gasteiger partial charge in [0.2, 0.25) is 10.0 Å². The zero-order valence-corrected chi connectivity index (χ0v) is 18.2. The monoisotopic (exact) mass is 442 g/mol. The van der Waals surface area contributed by atoms with E-state index in [2.05, 4.69) is 29.3 Å². The number of amides is 2. The highest BCUT2D eigenvalue weighted by atomic mass is 32.2. The van der Waals surface area contributed by atoms with Crippen molar-refractivity contribution in [2.45, 2.75) is 13.0 Å². The van der Waals surface area contributed by atoms with Crippen molar-refractivity contribution >= 4 is 28.2 Å². The number of urea groups is 1. The summed E-state index contributed by atoms with van der Waals surface area (Å²) >= 11 is 0. The van der Waals surface area contributed by atoms with Gasteiger partial charge in [-0.3, -0.25) is 4.79 Å². The van der Waals surface area contributed by atoms with Gasteiger partial charge >= 0.3 is 6.03 Å². The van der Waals surface area contributed by atoms with Gasteiger partial charge in [0.05, 0.1) is 19.0 Å². The number of benzene rings is 1. The highest BCUT2D eigenvalue weighted by molar-refractivity contribution is 7.88. The fourth-order valence-corrected chi connectivity index (χ4v) is 4.34. The Morgan fingerprint density at radius 1 is 1.23 bits per heavy atom. The number of rotatable bonds is 4. The van der Waals surface area contributed by atoms with Gasteiger partial charge in [0.15, 0.2) is 0 Å². The number of hydrogen-bond acceptors (Lipinski definition) is 6. The minimum Gasteiger partial charge on any atom is -0.483 e. The standard InChI is InChI=1S/C18H28N4O4S.CH2O2/c1-15-5-3-4-6-17(15)20-7-9-21(10-8-20)18(23)19-13-16-14-22(11-12-26-16)27(2,24)25;2-1-3/h3-6,16H,7-14H2,1-2H3,(H,19,23);1H,(H,2,3). The number of aryl methyl sites for hydroxylation is 1. The molecule has 168 valence electrons. The van der Waals surface area contributed by atoms with Crippen molar-refractivity contribution in [2.24, 2.45) is 0 Å². The van der Waals surface area contributed by atoms with E-state index in [1.54, 1.807) is 4.90 Å². The molecule has 2 N–H and O–H groups in total. The van der Waals surface area contributed by atoms with E-state index in [9.17, 15) is 13.2 Å². The van der Waals surface area contributed by atoms with Crippen LogP contribution in [0.15, 0.2) is 24.3 Å². The molecule has 1 atom stereocenters. The fourth-order valence-electron chi connectivity index (χ4n) is 3.50. The summed E-state index contributed by atoms with van der Waals surface area (Å²) in [6, 6.07) is 8.14. The van der Waals surface area contributed by atoms with Crippen LogP contribution >= 0.6 is 0 Å². The third-order valence-electron chi connectivity index (χ3n) is 5.07. The molecule has 10 nitrogen and oxygen atoms in total. The molecule has 2 aliphatic heterocycles. The second-order valence-electron chi connectivity index (χ2n) is 7.17. The molecular weight excluding hydrogens is 412 g/mol. The number of carbonyl (C=O) groups excluding carboxylic acids is 1. The molecule has 1 aromatic rings. The molecule has 0 aliphatic carbocycles. The van der Waals surface area contributed by atoms with Gasteiger partial charge in [-0.2, -0.15) is 4.31 Å². The quantitative estimate of drug-likeness (QED) is 0.639. The van der Waals surface area contributed by atoms with Crippen LogP contribution in [-0.4, -0.2) is 100 Å². The van der Waals surface area contributed by atoms with Crippen LogP contribution in [0.4, 0.5) is 10.5 Å². The average Bonchev–Trinajstić information content (AvgIpc) is 2.73. The van der Waals surface area contributed by atoms with Crippen molar-refractivity contribution in [2.75, 3.05) is 63.6 Å². The number of para-hydroxylation sites is 1. The van der Waals surface area contributed by atoms with Crippen molar-refractivity contribution in [3.05, 3.63) is 29.8 Å². The maximum atomic E-state index is 12.4. The van der Waals surface area contributed by atoms with Crippen molar-refractivity contribution in [3.63, 3.8) is 0 Å². The number of carbonyl (C=O) groups is 2. The van der Waals surface area contributed by atoms with E-state index in [1.165, 1.54) is 21.8 Å². The Morgan fingerprint density at radius 3 is 2.47 bits per heavy atom. The lowest BCUT2D eigenvalue weighted by molar-refractivity contribution is -0.122. The highest BCUT2D eigenvalue weighted by Gasteiger charge is 2.28. The Labute approximate surface area is 177 Å². The van der Waals surface area contributed by atoms with Gasteiger partial charge in [0.25, 0.3) is 6.47 Å². The molecule has 2 amide bonds. The number of anilines is 1. The Morgan fingerprint density at radius 2 is 1.87 bits per heavy atom. The van der Waals surface area contributed by atoms with E-state index in [-0.39, 0.29) is 25.2 Å². The molecule has 2 heterocycles. The first-order valence-corrected chi connectivity index (χ1v) is 11.6. The summed E-state index contributed by atoms with van der Waals surface area (Å²) in [4.78, 5) is 24.9. The molecule has 0 bridgehead atoms. The van der Waals surface area contributed by atoms with Crippen LogP contribution in [0.2, 0.25) is 0 Å². The van der Waals surface area contributed by atoms with Crippen LogP contribution < -0.4 is 10.2 Å². The van der Waals surface area contributed by atoms with Crippen LogP contribution in [0.1, 0.15) is 5.56 Å². The second-order valence-corrected chi connectivity index (χ2v) is 9.15. The maximum Gasteiger partial charge on any atom is 0.317 e. The summed E-state index contributed by atoms with van der Waals surface area (Å²) in [5.41, 5.74) is 2.45. The third kappa shape index (κ3) is 6.85. The molecule has 0 radical (unpaired) electrons. The van der Waals surface area contributed by atoms with Gasteiger partial charge in [0.1, 0.15) is 0 Å². The van der Waals surface area contributed by atoms with E-state index >= 15 is 0 Å². The minimum absolute atomic E-state index is 0.125. The first kappa shape index (κ1) is 23.9. The predicted octanol–water partition coefficient (Wildman–Crippen LogP) is 0.188. The zero-order chi connectivity index (χ0) is 22.1. The zero-order valence-electron chi connectivity index (χ0n) is 17.4. The molecule has 0 aromatic heterocycles. The summed E-state index contributed by atoms with van der Waals surface area (Å²) in [5, 5.41) is 9.77. The lowest BCUT2D eigenvalue weighted by Crippen LogP contribution is -2.54. The van der Waals surface area contributed by atoms with Crippen LogP contribution in [0.5, 0.6) is 0 Å². The van der Waals surface area contributed by atoms with Gasteiger partial charge in [0, 0.05) is 51.5 Å². The first-order valence-electron chi connectivity index (χ1n) is 9.74. The van der Waals surface area contributed by atoms with Crippen molar-refractivity contribution < 1.29 is 27.9 Å². The number of sulfonamides is 1. The predicted molar refractivity (Wildman–Crippen MR) is 113 cm³/mol. The first-order chi connectivity index (χ1) is 14.3. The number of morpholine rings is 1. The van der Waals surface area contributed by atoms with E-state index in [0.717, 1.165) is 13.1 Å². The Hall–Kier alpha value is -2.37. The molecule has 2 saturated heterocycles. The molecule has 2 fully saturated rings. The summed E-state index contributed by atoms with van der Waals surface area (Å²) in [6.07, 6.45) is 0.882. The molecule has 0 saturated carbocycles. The van der Waals surface area contributed by atoms with Gasteiger partial charge < -0.3 is 25.0 Å². The van der Waals surface area contributed by atoms with Crippen LogP contribution in [0.3, 0.4) is 0 Å². The van der Waals surface area contributed by atoms with Crippen molar-refractivity contribution in [1.82, 2.24) is 14.5 Å². The molecule has 0 spiro atoms. The molecule has 1 unspecified atom stereocenters. The van der Waals surface area contributed by atoms with Gasteiger partial charge in [-0.1, -0.05) is 18.2 Å². The van der Waals surface area contributed by atoms with Crippen LogP contribution in [0.25, 0.3) is 0 Å². The fraction of sp³-hybridized carbons (Fsp3) is 0.579. The molecule has 30 heavy (non-hydrogen) atoms. The lowest BCUT2D eigenvalue weighted by Gasteiger charge is -2.37. The molecular formula is C19H30N4O6S.